The summed E-state index contributed by atoms with van der Waals surface area (Å²) in [5.41, 5.74) is 1.65. The summed E-state index contributed by atoms with van der Waals surface area (Å²) in [6, 6.07) is 0. The molecular formula is C12H24N2. The summed E-state index contributed by atoms with van der Waals surface area (Å²) in [5.74, 6) is 0. The molecule has 2 nitrogen and oxygen atoms in total. The smallest absolute Gasteiger partial charge is 0.0560 e. The second-order valence-electron chi connectivity index (χ2n) is 5.20. The van der Waals surface area contributed by atoms with Crippen molar-refractivity contribution in [3.8, 4) is 0 Å². The van der Waals surface area contributed by atoms with Gasteiger partial charge in [-0.05, 0) is 40.0 Å². The highest BCUT2D eigenvalue weighted by Crippen LogP contribution is 2.26. The molecule has 0 saturated carbocycles. The van der Waals surface area contributed by atoms with Crippen molar-refractivity contribution < 1.29 is 0 Å². The first-order valence-electron chi connectivity index (χ1n) is 5.78. The summed E-state index contributed by atoms with van der Waals surface area (Å²) in [6.45, 7) is 12.1. The van der Waals surface area contributed by atoms with Gasteiger partial charge in [0.05, 0.1) is 11.1 Å². The molecule has 0 amide bonds. The number of hydrogen-bond donors (Lipinski definition) is 1. The summed E-state index contributed by atoms with van der Waals surface area (Å²) in [6.07, 6.45) is 3.43. The van der Waals surface area contributed by atoms with Crippen LogP contribution >= 0.6 is 0 Å². The average Bonchev–Trinajstić information content (AvgIpc) is 2.46. The molecule has 0 unspecified atom stereocenters. The Morgan fingerprint density at radius 1 is 1.29 bits per heavy atom. The molecule has 0 atom stereocenters. The Kier molecular flexibility index (Phi) is 3.36. The first-order chi connectivity index (χ1) is 6.43. The van der Waals surface area contributed by atoms with Crippen molar-refractivity contribution in [2.24, 2.45) is 4.99 Å². The van der Waals surface area contributed by atoms with Gasteiger partial charge in [0.2, 0.25) is 0 Å². The highest BCUT2D eigenvalue weighted by molar-refractivity contribution is 5.95. The molecule has 0 spiro atoms. The Morgan fingerprint density at radius 3 is 2.29 bits per heavy atom. The van der Waals surface area contributed by atoms with E-state index >= 15 is 0 Å². The largest absolute Gasteiger partial charge is 0.306 e. The predicted molar refractivity (Wildman–Crippen MR) is 63.1 cm³/mol. The van der Waals surface area contributed by atoms with Gasteiger partial charge in [0.25, 0.3) is 0 Å². The lowest BCUT2D eigenvalue weighted by Gasteiger charge is -2.29. The molecule has 1 N–H and O–H groups in total. The molecular weight excluding hydrogens is 172 g/mol. The van der Waals surface area contributed by atoms with Gasteiger partial charge in [-0.3, -0.25) is 4.99 Å². The van der Waals surface area contributed by atoms with Gasteiger partial charge in [0.1, 0.15) is 0 Å². The van der Waals surface area contributed by atoms with Crippen LogP contribution in [-0.2, 0) is 0 Å². The van der Waals surface area contributed by atoms with Crippen LogP contribution in [-0.4, -0.2) is 23.3 Å². The van der Waals surface area contributed by atoms with Gasteiger partial charge in [-0.15, -0.1) is 0 Å². The molecule has 0 aliphatic carbocycles. The van der Waals surface area contributed by atoms with Crippen LogP contribution in [0.3, 0.4) is 0 Å². The molecule has 1 rings (SSSR count). The van der Waals surface area contributed by atoms with E-state index < -0.39 is 0 Å². The Balaban J connectivity index is 2.93. The van der Waals surface area contributed by atoms with Crippen LogP contribution in [0, 0.1) is 0 Å². The lowest BCUT2D eigenvalue weighted by atomic mass is 9.88. The summed E-state index contributed by atoms with van der Waals surface area (Å²) in [5, 5.41) is 3.61. The Labute approximate surface area is 88.2 Å². The zero-order valence-corrected chi connectivity index (χ0v) is 10.3. The normalized spacial score (nSPS) is 24.5. The minimum absolute atomic E-state index is 0.0664. The van der Waals surface area contributed by atoms with Crippen molar-refractivity contribution in [1.82, 2.24) is 5.32 Å². The van der Waals surface area contributed by atoms with Crippen LogP contribution < -0.4 is 5.32 Å². The minimum atomic E-state index is 0.0664. The summed E-state index contributed by atoms with van der Waals surface area (Å²) < 4.78 is 0. The molecule has 2 heteroatoms. The van der Waals surface area contributed by atoms with E-state index in [1.54, 1.807) is 0 Å². The Hall–Kier alpha value is -0.370. The molecule has 0 aromatic rings. The predicted octanol–water partition coefficient (Wildman–Crippen LogP) is 2.78. The van der Waals surface area contributed by atoms with Crippen LogP contribution in [0.4, 0.5) is 0 Å². The third kappa shape index (κ3) is 2.35. The van der Waals surface area contributed by atoms with Gasteiger partial charge in [0.15, 0.2) is 0 Å². The maximum atomic E-state index is 4.86. The second kappa shape index (κ2) is 4.01. The molecule has 1 aliphatic heterocycles. The fourth-order valence-electron chi connectivity index (χ4n) is 2.24. The van der Waals surface area contributed by atoms with Gasteiger partial charge >= 0.3 is 0 Å². The molecule has 1 fully saturated rings. The summed E-state index contributed by atoms with van der Waals surface area (Å²) >= 11 is 0. The van der Waals surface area contributed by atoms with E-state index in [1.165, 1.54) is 5.71 Å². The zero-order valence-electron chi connectivity index (χ0n) is 10.3. The van der Waals surface area contributed by atoms with Gasteiger partial charge in [-0.2, -0.15) is 0 Å². The highest BCUT2D eigenvalue weighted by Gasteiger charge is 2.36. The fraction of sp³-hybridized carbons (Fsp3) is 0.917. The molecule has 1 saturated heterocycles. The van der Waals surface area contributed by atoms with Gasteiger partial charge in [-0.1, -0.05) is 13.8 Å². The van der Waals surface area contributed by atoms with E-state index in [4.69, 9.17) is 4.99 Å². The van der Waals surface area contributed by atoms with Crippen molar-refractivity contribution in [3.05, 3.63) is 0 Å². The molecule has 0 bridgehead atoms. The van der Waals surface area contributed by atoms with Crippen LogP contribution in [0.1, 0.15) is 53.9 Å². The monoisotopic (exact) mass is 196 g/mol. The van der Waals surface area contributed by atoms with E-state index in [-0.39, 0.29) is 11.1 Å². The lowest BCUT2D eigenvalue weighted by molar-refractivity contribution is 0.440. The number of rotatable bonds is 2. The maximum absolute atomic E-state index is 4.86. The maximum Gasteiger partial charge on any atom is 0.0560 e. The number of nitrogens with zero attached hydrogens (tertiary/aromatic N) is 1. The van der Waals surface area contributed by atoms with E-state index in [2.05, 4.69) is 39.9 Å². The minimum Gasteiger partial charge on any atom is -0.306 e. The topological polar surface area (TPSA) is 24.4 Å². The van der Waals surface area contributed by atoms with Crippen molar-refractivity contribution in [3.63, 3.8) is 0 Å². The first-order valence-corrected chi connectivity index (χ1v) is 5.78. The molecule has 0 radical (unpaired) electrons. The van der Waals surface area contributed by atoms with E-state index in [9.17, 15) is 0 Å². The third-order valence-electron chi connectivity index (χ3n) is 3.06. The molecule has 1 heterocycles. The average molecular weight is 196 g/mol. The SMILES string of the molecule is CCC1(CC)NCCC1=NC(C)(C)C. The lowest BCUT2D eigenvalue weighted by Crippen LogP contribution is -2.44. The van der Waals surface area contributed by atoms with Crippen LogP contribution in [0.15, 0.2) is 4.99 Å². The van der Waals surface area contributed by atoms with Gasteiger partial charge in [0, 0.05) is 12.3 Å². The quantitative estimate of drug-likeness (QED) is 0.721. The Bertz CT molecular complexity index is 219. The zero-order chi connectivity index (χ0) is 10.8. The molecule has 1 aliphatic rings. The standard InChI is InChI=1S/C12H24N2/c1-6-12(7-2)10(8-9-13-12)14-11(3,4)5/h13H,6-9H2,1-5H3. The van der Waals surface area contributed by atoms with E-state index in [1.807, 2.05) is 0 Å². The van der Waals surface area contributed by atoms with E-state index in [0.717, 1.165) is 25.8 Å². The fourth-order valence-corrected chi connectivity index (χ4v) is 2.24. The first kappa shape index (κ1) is 11.7. The third-order valence-corrected chi connectivity index (χ3v) is 3.06. The van der Waals surface area contributed by atoms with Crippen molar-refractivity contribution in [1.29, 1.82) is 0 Å². The second-order valence-corrected chi connectivity index (χ2v) is 5.20. The molecule has 14 heavy (non-hydrogen) atoms. The van der Waals surface area contributed by atoms with E-state index in [0.29, 0.717) is 0 Å². The van der Waals surface area contributed by atoms with Gasteiger partial charge < -0.3 is 5.32 Å². The molecule has 82 valence electrons. The highest BCUT2D eigenvalue weighted by atomic mass is 15.1. The van der Waals surface area contributed by atoms with Crippen molar-refractivity contribution in [2.45, 2.75) is 65.0 Å². The van der Waals surface area contributed by atoms with Crippen LogP contribution in [0.5, 0.6) is 0 Å². The molecule has 0 aromatic carbocycles. The van der Waals surface area contributed by atoms with Crippen LogP contribution in [0.2, 0.25) is 0 Å². The number of hydrogen-bond acceptors (Lipinski definition) is 2. The van der Waals surface area contributed by atoms with Crippen molar-refractivity contribution in [2.75, 3.05) is 6.54 Å². The number of nitrogens with one attached hydrogen (secondary N) is 1. The summed E-state index contributed by atoms with van der Waals surface area (Å²) in [4.78, 5) is 4.86. The van der Waals surface area contributed by atoms with Gasteiger partial charge in [-0.25, -0.2) is 0 Å². The number of aliphatic imine (C=N–C) groups is 1. The summed E-state index contributed by atoms with van der Waals surface area (Å²) in [7, 11) is 0. The van der Waals surface area contributed by atoms with Crippen molar-refractivity contribution >= 4 is 5.71 Å². The Morgan fingerprint density at radius 2 is 1.86 bits per heavy atom. The van der Waals surface area contributed by atoms with Crippen LogP contribution in [0.25, 0.3) is 0 Å². The molecule has 0 aromatic heterocycles.